The largest absolute Gasteiger partial charge is 0.497 e. The number of H-pyrrole nitrogens is 1. The standard InChI is InChI=1S/C16H16BrN3O/c1-10(11-3-6-13(21-2)7-4-11)18-16-19-14-8-5-12(17)9-15(14)20-16/h3-10H,1-2H3,(H2,18,19,20). The quantitative estimate of drug-likeness (QED) is 0.731. The van der Waals surface area contributed by atoms with Gasteiger partial charge in [-0.25, -0.2) is 4.98 Å². The lowest BCUT2D eigenvalue weighted by atomic mass is 10.1. The zero-order valence-corrected chi connectivity index (χ0v) is 13.4. The number of hydrogen-bond donors (Lipinski definition) is 2. The van der Waals surface area contributed by atoms with Crippen LogP contribution in [0, 0.1) is 0 Å². The van der Waals surface area contributed by atoms with Crippen LogP contribution in [-0.4, -0.2) is 17.1 Å². The zero-order chi connectivity index (χ0) is 14.8. The molecule has 1 aromatic heterocycles. The van der Waals surface area contributed by atoms with Gasteiger partial charge in [0.2, 0.25) is 5.95 Å². The molecule has 5 heteroatoms. The molecule has 0 radical (unpaired) electrons. The Hall–Kier alpha value is -2.01. The second kappa shape index (κ2) is 5.77. The lowest BCUT2D eigenvalue weighted by Gasteiger charge is -2.13. The van der Waals surface area contributed by atoms with Crippen LogP contribution in [0.15, 0.2) is 46.9 Å². The Balaban J connectivity index is 1.79. The number of rotatable bonds is 4. The maximum atomic E-state index is 5.17. The van der Waals surface area contributed by atoms with Crippen molar-refractivity contribution in [1.29, 1.82) is 0 Å². The first-order valence-electron chi connectivity index (χ1n) is 6.71. The molecular formula is C16H16BrN3O. The summed E-state index contributed by atoms with van der Waals surface area (Å²) in [7, 11) is 1.67. The Morgan fingerprint density at radius 1 is 1.19 bits per heavy atom. The molecule has 3 aromatic rings. The van der Waals surface area contributed by atoms with Gasteiger partial charge in [-0.1, -0.05) is 28.1 Å². The van der Waals surface area contributed by atoms with Gasteiger partial charge in [0.25, 0.3) is 0 Å². The molecule has 2 aromatic carbocycles. The Bertz CT molecular complexity index is 752. The molecule has 0 fully saturated rings. The van der Waals surface area contributed by atoms with Gasteiger partial charge in [-0.2, -0.15) is 0 Å². The summed E-state index contributed by atoms with van der Waals surface area (Å²) in [6.45, 7) is 2.10. The first kappa shape index (κ1) is 13.9. The van der Waals surface area contributed by atoms with Gasteiger partial charge >= 0.3 is 0 Å². The van der Waals surface area contributed by atoms with Gasteiger partial charge in [0.1, 0.15) is 5.75 Å². The molecule has 3 rings (SSSR count). The van der Waals surface area contributed by atoms with Crippen LogP contribution in [0.3, 0.4) is 0 Å². The molecule has 0 aliphatic rings. The van der Waals surface area contributed by atoms with Gasteiger partial charge in [-0.05, 0) is 42.8 Å². The van der Waals surface area contributed by atoms with E-state index >= 15 is 0 Å². The smallest absolute Gasteiger partial charge is 0.201 e. The number of ether oxygens (including phenoxy) is 1. The summed E-state index contributed by atoms with van der Waals surface area (Å²) in [6.07, 6.45) is 0. The van der Waals surface area contributed by atoms with Crippen molar-refractivity contribution in [1.82, 2.24) is 9.97 Å². The number of methoxy groups -OCH3 is 1. The Morgan fingerprint density at radius 2 is 1.95 bits per heavy atom. The fourth-order valence-corrected chi connectivity index (χ4v) is 2.59. The average Bonchev–Trinajstić information content (AvgIpc) is 2.88. The van der Waals surface area contributed by atoms with E-state index in [9.17, 15) is 0 Å². The molecule has 0 amide bonds. The summed E-state index contributed by atoms with van der Waals surface area (Å²) < 4.78 is 6.21. The first-order valence-corrected chi connectivity index (χ1v) is 7.51. The summed E-state index contributed by atoms with van der Waals surface area (Å²) in [5, 5.41) is 3.38. The highest BCUT2D eigenvalue weighted by Crippen LogP contribution is 2.23. The number of halogens is 1. The van der Waals surface area contributed by atoms with Crippen LogP contribution in [0.4, 0.5) is 5.95 Å². The van der Waals surface area contributed by atoms with Gasteiger partial charge < -0.3 is 15.0 Å². The maximum Gasteiger partial charge on any atom is 0.201 e. The van der Waals surface area contributed by atoms with E-state index in [4.69, 9.17) is 4.74 Å². The predicted octanol–water partition coefficient (Wildman–Crippen LogP) is 4.51. The number of benzene rings is 2. The van der Waals surface area contributed by atoms with Crippen LogP contribution in [0.25, 0.3) is 11.0 Å². The van der Waals surface area contributed by atoms with Crippen molar-refractivity contribution in [3.05, 3.63) is 52.5 Å². The maximum absolute atomic E-state index is 5.17. The van der Waals surface area contributed by atoms with Crippen molar-refractivity contribution in [2.45, 2.75) is 13.0 Å². The third-order valence-corrected chi connectivity index (χ3v) is 3.91. The molecule has 1 unspecified atom stereocenters. The molecule has 108 valence electrons. The SMILES string of the molecule is COc1ccc(C(C)Nc2nc3ccc(Br)cc3[nH]2)cc1. The molecule has 0 saturated heterocycles. The summed E-state index contributed by atoms with van der Waals surface area (Å²) in [5.74, 6) is 1.63. The van der Waals surface area contributed by atoms with E-state index in [1.54, 1.807) is 7.11 Å². The topological polar surface area (TPSA) is 49.9 Å². The summed E-state index contributed by atoms with van der Waals surface area (Å²) in [5.41, 5.74) is 3.13. The number of hydrogen-bond acceptors (Lipinski definition) is 3. The Morgan fingerprint density at radius 3 is 2.67 bits per heavy atom. The molecule has 2 N–H and O–H groups in total. The number of nitrogens with one attached hydrogen (secondary N) is 2. The molecule has 1 atom stereocenters. The molecule has 0 aliphatic carbocycles. The van der Waals surface area contributed by atoms with E-state index in [0.29, 0.717) is 0 Å². The van der Waals surface area contributed by atoms with Crippen molar-refractivity contribution in [3.63, 3.8) is 0 Å². The van der Waals surface area contributed by atoms with Crippen molar-refractivity contribution in [2.75, 3.05) is 12.4 Å². The van der Waals surface area contributed by atoms with Crippen LogP contribution in [0.1, 0.15) is 18.5 Å². The molecule has 4 nitrogen and oxygen atoms in total. The normalized spacial score (nSPS) is 12.3. The molecule has 0 bridgehead atoms. The van der Waals surface area contributed by atoms with E-state index in [-0.39, 0.29) is 6.04 Å². The van der Waals surface area contributed by atoms with Crippen molar-refractivity contribution in [2.24, 2.45) is 0 Å². The molecule has 21 heavy (non-hydrogen) atoms. The second-order valence-corrected chi connectivity index (χ2v) is 5.80. The van der Waals surface area contributed by atoms with Crippen LogP contribution in [0.5, 0.6) is 5.75 Å². The lowest BCUT2D eigenvalue weighted by Crippen LogP contribution is -2.07. The third-order valence-electron chi connectivity index (χ3n) is 3.41. The minimum Gasteiger partial charge on any atom is -0.497 e. The minimum atomic E-state index is 0.153. The minimum absolute atomic E-state index is 0.153. The number of aromatic amines is 1. The van der Waals surface area contributed by atoms with E-state index in [1.807, 2.05) is 30.3 Å². The van der Waals surface area contributed by atoms with Gasteiger partial charge in [-0.3, -0.25) is 0 Å². The molecular weight excluding hydrogens is 330 g/mol. The Kier molecular flexibility index (Phi) is 3.84. The number of anilines is 1. The summed E-state index contributed by atoms with van der Waals surface area (Å²) >= 11 is 3.46. The fraction of sp³-hybridized carbons (Fsp3) is 0.188. The fourth-order valence-electron chi connectivity index (χ4n) is 2.23. The molecule has 0 saturated carbocycles. The third kappa shape index (κ3) is 3.03. The summed E-state index contributed by atoms with van der Waals surface area (Å²) in [6, 6.07) is 14.2. The summed E-state index contributed by atoms with van der Waals surface area (Å²) in [4.78, 5) is 7.82. The average molecular weight is 346 g/mol. The van der Waals surface area contributed by atoms with Crippen LogP contribution < -0.4 is 10.1 Å². The lowest BCUT2D eigenvalue weighted by molar-refractivity contribution is 0.414. The molecule has 0 spiro atoms. The van der Waals surface area contributed by atoms with Gasteiger partial charge in [0.15, 0.2) is 0 Å². The number of aromatic nitrogens is 2. The van der Waals surface area contributed by atoms with Crippen molar-refractivity contribution < 1.29 is 4.74 Å². The predicted molar refractivity (Wildman–Crippen MR) is 88.8 cm³/mol. The van der Waals surface area contributed by atoms with E-state index in [0.717, 1.165) is 27.2 Å². The number of imidazole rings is 1. The van der Waals surface area contributed by atoms with Gasteiger partial charge in [-0.15, -0.1) is 0 Å². The highest BCUT2D eigenvalue weighted by atomic mass is 79.9. The van der Waals surface area contributed by atoms with E-state index < -0.39 is 0 Å². The van der Waals surface area contributed by atoms with Gasteiger partial charge in [0.05, 0.1) is 24.2 Å². The first-order chi connectivity index (χ1) is 10.2. The van der Waals surface area contributed by atoms with Crippen LogP contribution in [0.2, 0.25) is 0 Å². The Labute approximate surface area is 131 Å². The molecule has 1 heterocycles. The highest BCUT2D eigenvalue weighted by Gasteiger charge is 2.09. The number of fused-ring (bicyclic) bond motifs is 1. The van der Waals surface area contributed by atoms with E-state index in [2.05, 4.69) is 50.3 Å². The monoisotopic (exact) mass is 345 g/mol. The molecule has 0 aliphatic heterocycles. The van der Waals surface area contributed by atoms with Crippen molar-refractivity contribution >= 4 is 32.9 Å². The second-order valence-electron chi connectivity index (χ2n) is 4.89. The highest BCUT2D eigenvalue weighted by molar-refractivity contribution is 9.10. The van der Waals surface area contributed by atoms with E-state index in [1.165, 1.54) is 5.56 Å². The van der Waals surface area contributed by atoms with Crippen molar-refractivity contribution in [3.8, 4) is 5.75 Å². The van der Waals surface area contributed by atoms with Gasteiger partial charge in [0, 0.05) is 4.47 Å². The number of nitrogens with zero attached hydrogens (tertiary/aromatic N) is 1. The van der Waals surface area contributed by atoms with Crippen LogP contribution >= 0.6 is 15.9 Å². The zero-order valence-electron chi connectivity index (χ0n) is 11.9. The van der Waals surface area contributed by atoms with Crippen LogP contribution in [-0.2, 0) is 0 Å².